The smallest absolute Gasteiger partial charge is 0.161 e. The van der Waals surface area contributed by atoms with Gasteiger partial charge in [-0.3, -0.25) is 4.79 Å². The topological polar surface area (TPSA) is 231 Å². The molecule has 14 heteroatoms. The van der Waals surface area contributed by atoms with E-state index in [1.54, 1.807) is 26.0 Å². The van der Waals surface area contributed by atoms with Crippen molar-refractivity contribution < 1.29 is 64.2 Å². The summed E-state index contributed by atoms with van der Waals surface area (Å²) < 4.78 is 29.5. The Morgan fingerprint density at radius 2 is 1.57 bits per heavy atom. The lowest BCUT2D eigenvalue weighted by atomic mass is 9.74. The summed E-state index contributed by atoms with van der Waals surface area (Å²) >= 11 is 0. The van der Waals surface area contributed by atoms with Crippen LogP contribution in [0.15, 0.2) is 18.2 Å². The van der Waals surface area contributed by atoms with Gasteiger partial charge in [-0.25, -0.2) is 0 Å². The van der Waals surface area contributed by atoms with Crippen molar-refractivity contribution in [2.75, 3.05) is 7.11 Å². The highest BCUT2D eigenvalue weighted by atomic mass is 16.7. The number of Topliss-reactive ketones (excluding diaryl/α,β-unsaturated/α-hetero) is 1. The largest absolute Gasteiger partial charge is 0.507 e. The van der Waals surface area contributed by atoms with Gasteiger partial charge in [0.25, 0.3) is 0 Å². The van der Waals surface area contributed by atoms with Crippen LogP contribution in [0.3, 0.4) is 0 Å². The van der Waals surface area contributed by atoms with E-state index in [4.69, 9.17) is 29.4 Å². The molecule has 9 N–H and O–H groups in total. The minimum absolute atomic E-state index is 0.00482. The molecule has 0 radical (unpaired) electrons. The summed E-state index contributed by atoms with van der Waals surface area (Å²) in [7, 11) is 1.38. The molecule has 3 aromatic rings. The lowest BCUT2D eigenvalue weighted by Crippen LogP contribution is -2.56. The number of nitrogens with two attached hydrogens (primary N) is 1. The van der Waals surface area contributed by atoms with Crippen LogP contribution in [0.5, 0.6) is 28.7 Å². The number of methoxy groups -OCH3 is 1. The van der Waals surface area contributed by atoms with Crippen LogP contribution < -0.4 is 10.5 Å². The number of carbonyl (C=O) groups excluding carboxylic acids is 1. The van der Waals surface area contributed by atoms with Gasteiger partial charge in [-0.1, -0.05) is 12.1 Å². The number of phenolic OH excluding ortho intramolecular Hbond substituents is 4. The van der Waals surface area contributed by atoms with Gasteiger partial charge in [-0.15, -0.1) is 0 Å². The zero-order chi connectivity index (χ0) is 34.1. The van der Waals surface area contributed by atoms with E-state index in [1.165, 1.54) is 20.1 Å². The van der Waals surface area contributed by atoms with Crippen molar-refractivity contribution in [1.82, 2.24) is 0 Å². The van der Waals surface area contributed by atoms with E-state index in [0.29, 0.717) is 0 Å². The Hall–Kier alpha value is -3.47. The Kier molecular flexibility index (Phi) is 8.68. The van der Waals surface area contributed by atoms with Crippen molar-refractivity contribution in [2.45, 2.75) is 107 Å². The standard InChI is InChI=1S/C33H41NO13/c1-12-27(37)18(36)9-22(44-12)47-32-13(2)45-21(8-17(32)34)46-20-11-33(42,14(3)35)10-16-24(20)31(41)26-25(29(16)39)28(38)15-6-5-7-19(43-4)23(15)30(26)40/h5-7,12-13,17-18,20-22,27,32,36-42H,8-11,34H2,1-4H3/t12-,13-,17-,18-,20-,21-,22-,27-,32+,33-/m0/s1. The predicted octanol–water partition coefficient (Wildman–Crippen LogP) is 1.85. The second kappa shape index (κ2) is 12.2. The normalized spacial score (nSPS) is 34.3. The van der Waals surface area contributed by atoms with Crippen molar-refractivity contribution in [3.8, 4) is 28.7 Å². The summed E-state index contributed by atoms with van der Waals surface area (Å²) in [5.74, 6) is -2.38. The van der Waals surface area contributed by atoms with Crippen LogP contribution >= 0.6 is 0 Å². The monoisotopic (exact) mass is 659 g/mol. The predicted molar refractivity (Wildman–Crippen MR) is 165 cm³/mol. The summed E-state index contributed by atoms with van der Waals surface area (Å²) in [5, 5.41) is 77.4. The molecule has 6 rings (SSSR count). The number of rotatable bonds is 6. The Labute approximate surface area is 269 Å². The summed E-state index contributed by atoms with van der Waals surface area (Å²) in [6.45, 7) is 4.52. The Balaban J connectivity index is 1.37. The van der Waals surface area contributed by atoms with Gasteiger partial charge in [0.15, 0.2) is 18.4 Å². The average Bonchev–Trinajstić information content (AvgIpc) is 3.01. The highest BCUT2D eigenvalue weighted by Crippen LogP contribution is 2.57. The molecule has 0 aromatic heterocycles. The molecule has 47 heavy (non-hydrogen) atoms. The van der Waals surface area contributed by atoms with Gasteiger partial charge in [-0.2, -0.15) is 0 Å². The number of ketones is 1. The molecule has 0 bridgehead atoms. The number of aliphatic hydroxyl groups excluding tert-OH is 2. The lowest BCUT2D eigenvalue weighted by molar-refractivity contribution is -0.302. The molecule has 3 aromatic carbocycles. The Morgan fingerprint density at radius 3 is 2.21 bits per heavy atom. The first-order valence-electron chi connectivity index (χ1n) is 15.5. The molecule has 2 saturated heterocycles. The van der Waals surface area contributed by atoms with Gasteiger partial charge < -0.3 is 65.2 Å². The van der Waals surface area contributed by atoms with E-state index in [0.717, 1.165) is 0 Å². The number of phenols is 4. The van der Waals surface area contributed by atoms with Crippen molar-refractivity contribution in [3.05, 3.63) is 29.3 Å². The first-order chi connectivity index (χ1) is 22.2. The number of hydrogen-bond donors (Lipinski definition) is 8. The number of fused-ring (bicyclic) bond motifs is 3. The fourth-order valence-corrected chi connectivity index (χ4v) is 7.19. The quantitative estimate of drug-likeness (QED) is 0.140. The van der Waals surface area contributed by atoms with E-state index in [2.05, 4.69) is 0 Å². The SMILES string of the molecule is COc1cccc2c(O)c3c(O)c4c(c(O)c3c(O)c12)[C@@H](O[C@H]1C[C@H](N)[C@H](O[C@H]2C[C@H](O)[C@@H](O)[C@H](C)O2)[C@H](C)O1)C[C@](O)(C(C)=O)C4. The van der Waals surface area contributed by atoms with Gasteiger partial charge in [0.2, 0.25) is 0 Å². The van der Waals surface area contributed by atoms with Crippen LogP contribution in [0, 0.1) is 0 Å². The maximum Gasteiger partial charge on any atom is 0.161 e. The lowest BCUT2D eigenvalue weighted by Gasteiger charge is -2.44. The van der Waals surface area contributed by atoms with Gasteiger partial charge in [0, 0.05) is 48.2 Å². The molecule has 256 valence electrons. The molecule has 10 atom stereocenters. The number of benzene rings is 3. The number of hydrogen-bond acceptors (Lipinski definition) is 14. The van der Waals surface area contributed by atoms with Crippen molar-refractivity contribution in [1.29, 1.82) is 0 Å². The fourth-order valence-electron chi connectivity index (χ4n) is 7.19. The number of aliphatic hydroxyl groups is 3. The zero-order valence-corrected chi connectivity index (χ0v) is 26.4. The first kappa shape index (κ1) is 33.4. The van der Waals surface area contributed by atoms with Gasteiger partial charge >= 0.3 is 0 Å². The van der Waals surface area contributed by atoms with Gasteiger partial charge in [0.1, 0.15) is 46.6 Å². The van der Waals surface area contributed by atoms with Gasteiger partial charge in [0.05, 0.1) is 47.7 Å². The molecule has 14 nitrogen and oxygen atoms in total. The van der Waals surface area contributed by atoms with Crippen molar-refractivity contribution in [3.63, 3.8) is 0 Å². The van der Waals surface area contributed by atoms with E-state index in [-0.39, 0.29) is 57.7 Å². The molecule has 2 fully saturated rings. The third-order valence-electron chi connectivity index (χ3n) is 9.79. The average molecular weight is 660 g/mol. The molecule has 0 unspecified atom stereocenters. The van der Waals surface area contributed by atoms with Crippen LogP contribution in [-0.2, 0) is 30.2 Å². The molecule has 2 aliphatic heterocycles. The van der Waals surface area contributed by atoms with Crippen molar-refractivity contribution >= 4 is 27.3 Å². The summed E-state index contributed by atoms with van der Waals surface area (Å²) in [5.41, 5.74) is 4.45. The molecule has 1 aliphatic carbocycles. The minimum Gasteiger partial charge on any atom is -0.507 e. The second-order valence-corrected chi connectivity index (χ2v) is 12.8. The first-order valence-corrected chi connectivity index (χ1v) is 15.5. The van der Waals surface area contributed by atoms with Gasteiger partial charge in [-0.05, 0) is 26.8 Å². The van der Waals surface area contributed by atoms with Crippen LogP contribution in [0.25, 0.3) is 21.5 Å². The van der Waals surface area contributed by atoms with E-state index < -0.39 is 96.0 Å². The van der Waals surface area contributed by atoms with Crippen molar-refractivity contribution in [2.24, 2.45) is 5.73 Å². The number of ether oxygens (including phenoxy) is 5. The number of carbonyl (C=O) groups is 1. The summed E-state index contributed by atoms with van der Waals surface area (Å²) in [4.78, 5) is 12.7. The third-order valence-corrected chi connectivity index (χ3v) is 9.79. The molecular formula is C33H41NO13. The van der Waals surface area contributed by atoms with Crippen LogP contribution in [0.1, 0.15) is 57.3 Å². The summed E-state index contributed by atoms with van der Waals surface area (Å²) in [6.07, 6.45) is -7.84. The summed E-state index contributed by atoms with van der Waals surface area (Å²) in [6, 6.07) is 3.99. The molecule has 0 amide bonds. The Bertz CT molecular complexity index is 1690. The molecule has 0 saturated carbocycles. The third kappa shape index (κ3) is 5.52. The maximum absolute atomic E-state index is 12.7. The molecule has 0 spiro atoms. The van der Waals surface area contributed by atoms with Crippen LogP contribution in [0.2, 0.25) is 0 Å². The Morgan fingerprint density at radius 1 is 0.915 bits per heavy atom. The number of aromatic hydroxyl groups is 4. The van der Waals surface area contributed by atoms with Crippen LogP contribution in [-0.4, -0.2) is 103 Å². The highest BCUT2D eigenvalue weighted by Gasteiger charge is 2.48. The van der Waals surface area contributed by atoms with Crippen LogP contribution in [0.4, 0.5) is 0 Å². The highest BCUT2D eigenvalue weighted by molar-refractivity contribution is 6.17. The molecular weight excluding hydrogens is 618 g/mol. The molecule has 2 heterocycles. The van der Waals surface area contributed by atoms with E-state index >= 15 is 0 Å². The molecule has 3 aliphatic rings. The fraction of sp³-hybridized carbons (Fsp3) is 0.545. The minimum atomic E-state index is -2.01. The van der Waals surface area contributed by atoms with E-state index in [9.17, 15) is 40.5 Å². The van der Waals surface area contributed by atoms with E-state index in [1.807, 2.05) is 0 Å². The zero-order valence-electron chi connectivity index (χ0n) is 26.4. The second-order valence-electron chi connectivity index (χ2n) is 12.8. The maximum atomic E-state index is 12.7.